The highest BCUT2D eigenvalue weighted by Gasteiger charge is 2.30. The molecule has 1 amide bonds. The number of amides is 1. The van der Waals surface area contributed by atoms with E-state index in [1.165, 1.54) is 16.9 Å². The van der Waals surface area contributed by atoms with Crippen molar-refractivity contribution in [2.45, 2.75) is 26.3 Å². The van der Waals surface area contributed by atoms with Crippen molar-refractivity contribution < 1.29 is 22.7 Å². The molecule has 0 spiro atoms. The number of ether oxygens (including phenoxy) is 1. The van der Waals surface area contributed by atoms with Crippen LogP contribution in [0.25, 0.3) is 0 Å². The Hall–Kier alpha value is -3.78. The van der Waals surface area contributed by atoms with Gasteiger partial charge in [0.1, 0.15) is 12.4 Å². The van der Waals surface area contributed by atoms with Crippen molar-refractivity contribution in [3.63, 3.8) is 0 Å². The zero-order valence-corrected chi connectivity index (χ0v) is 19.4. The summed E-state index contributed by atoms with van der Waals surface area (Å²) in [6.45, 7) is 2.31. The minimum Gasteiger partial charge on any atom is -0.487 e. The standard InChI is InChI=1S/C26H21ClF3N3O2/c1-17-8-9-23(27)24(10-17)35-16-19-5-2-6-20(11-19)25(34)32-22-13-31-33(15-22)14-18-4-3-7-21(12-18)26(28,29)30/h2-13,15H,14,16H2,1H3,(H,32,34). The van der Waals surface area contributed by atoms with Gasteiger partial charge in [-0.1, -0.05) is 41.9 Å². The van der Waals surface area contributed by atoms with Crippen LogP contribution in [0.5, 0.6) is 5.75 Å². The number of carbonyl (C=O) groups is 1. The van der Waals surface area contributed by atoms with E-state index in [0.29, 0.717) is 27.6 Å². The minimum absolute atomic E-state index is 0.133. The number of benzene rings is 3. The number of alkyl halides is 3. The number of anilines is 1. The number of hydrogen-bond donors (Lipinski definition) is 1. The van der Waals surface area contributed by atoms with Crippen molar-refractivity contribution in [1.82, 2.24) is 9.78 Å². The average molecular weight is 500 g/mol. The fraction of sp³-hybridized carbons (Fsp3) is 0.154. The summed E-state index contributed by atoms with van der Waals surface area (Å²) in [4.78, 5) is 12.7. The lowest BCUT2D eigenvalue weighted by Crippen LogP contribution is -2.12. The van der Waals surface area contributed by atoms with Gasteiger partial charge in [-0.25, -0.2) is 0 Å². The van der Waals surface area contributed by atoms with Crippen LogP contribution in [0.1, 0.15) is 32.6 Å². The number of nitrogens with zero attached hydrogens (tertiary/aromatic N) is 2. The minimum atomic E-state index is -4.41. The molecule has 0 unspecified atom stereocenters. The molecule has 9 heteroatoms. The lowest BCUT2D eigenvalue weighted by Gasteiger charge is -2.10. The van der Waals surface area contributed by atoms with Crippen molar-refractivity contribution in [1.29, 1.82) is 0 Å². The molecule has 5 nitrogen and oxygen atoms in total. The Kier molecular flexibility index (Phi) is 7.12. The Balaban J connectivity index is 1.39. The van der Waals surface area contributed by atoms with Crippen LogP contribution in [0, 0.1) is 6.92 Å². The quantitative estimate of drug-likeness (QED) is 0.306. The average Bonchev–Trinajstić information content (AvgIpc) is 3.26. The topological polar surface area (TPSA) is 56.1 Å². The third kappa shape index (κ3) is 6.42. The van der Waals surface area contributed by atoms with Gasteiger partial charge < -0.3 is 10.1 Å². The lowest BCUT2D eigenvalue weighted by atomic mass is 10.1. The highest BCUT2D eigenvalue weighted by molar-refractivity contribution is 6.32. The van der Waals surface area contributed by atoms with Crippen LogP contribution in [0.2, 0.25) is 5.02 Å². The van der Waals surface area contributed by atoms with Crippen LogP contribution in [-0.4, -0.2) is 15.7 Å². The van der Waals surface area contributed by atoms with Crippen LogP contribution >= 0.6 is 11.6 Å². The zero-order valence-electron chi connectivity index (χ0n) is 18.6. The van der Waals surface area contributed by atoms with Gasteiger partial charge in [-0.3, -0.25) is 9.48 Å². The van der Waals surface area contributed by atoms with Crippen LogP contribution in [-0.2, 0) is 19.3 Å². The number of aromatic nitrogens is 2. The second-order valence-corrected chi connectivity index (χ2v) is 8.41. The summed E-state index contributed by atoms with van der Waals surface area (Å²) in [6, 6.07) is 17.5. The number of nitrogens with one attached hydrogen (secondary N) is 1. The van der Waals surface area contributed by atoms with Gasteiger partial charge in [0, 0.05) is 11.8 Å². The first kappa shape index (κ1) is 24.3. The molecule has 4 aromatic rings. The van der Waals surface area contributed by atoms with E-state index in [9.17, 15) is 18.0 Å². The maximum absolute atomic E-state index is 12.9. The summed E-state index contributed by atoms with van der Waals surface area (Å²) in [7, 11) is 0. The molecule has 4 rings (SSSR count). The summed E-state index contributed by atoms with van der Waals surface area (Å²) in [6.07, 6.45) is -1.41. The molecule has 0 atom stereocenters. The molecule has 0 aliphatic rings. The largest absolute Gasteiger partial charge is 0.487 e. The van der Waals surface area contributed by atoms with Gasteiger partial charge >= 0.3 is 6.18 Å². The Labute approximate surface area is 205 Å². The predicted molar refractivity (Wildman–Crippen MR) is 128 cm³/mol. The lowest BCUT2D eigenvalue weighted by molar-refractivity contribution is -0.137. The van der Waals surface area contributed by atoms with Gasteiger partial charge in [-0.05, 0) is 60.0 Å². The monoisotopic (exact) mass is 499 g/mol. The predicted octanol–water partition coefficient (Wildman–Crippen LogP) is 6.74. The molecule has 0 saturated heterocycles. The molecule has 0 bridgehead atoms. The molecule has 3 aromatic carbocycles. The van der Waals surface area contributed by atoms with Crippen molar-refractivity contribution in [2.75, 3.05) is 5.32 Å². The first-order valence-corrected chi connectivity index (χ1v) is 11.0. The summed E-state index contributed by atoms with van der Waals surface area (Å²) in [5, 5.41) is 7.39. The third-order valence-electron chi connectivity index (χ3n) is 5.16. The zero-order chi connectivity index (χ0) is 25.0. The highest BCUT2D eigenvalue weighted by Crippen LogP contribution is 2.30. The number of carbonyl (C=O) groups excluding carboxylic acids is 1. The maximum Gasteiger partial charge on any atom is 0.416 e. The molecule has 0 fully saturated rings. The van der Waals surface area contributed by atoms with Gasteiger partial charge in [-0.15, -0.1) is 0 Å². The van der Waals surface area contributed by atoms with Crippen molar-refractivity contribution >= 4 is 23.2 Å². The summed E-state index contributed by atoms with van der Waals surface area (Å²) in [5.74, 6) is 0.216. The fourth-order valence-corrected chi connectivity index (χ4v) is 3.61. The molecular weight excluding hydrogens is 479 g/mol. The molecule has 0 radical (unpaired) electrons. The van der Waals surface area contributed by atoms with Crippen LogP contribution in [0.3, 0.4) is 0 Å². The molecule has 1 N–H and O–H groups in total. The molecule has 35 heavy (non-hydrogen) atoms. The van der Waals surface area contributed by atoms with Crippen molar-refractivity contribution in [3.8, 4) is 5.75 Å². The van der Waals surface area contributed by atoms with E-state index < -0.39 is 11.7 Å². The molecule has 0 aliphatic carbocycles. The van der Waals surface area contributed by atoms with E-state index in [4.69, 9.17) is 16.3 Å². The van der Waals surface area contributed by atoms with Crippen LogP contribution in [0.4, 0.5) is 18.9 Å². The number of halogens is 4. The Morgan fingerprint density at radius 2 is 1.83 bits per heavy atom. The number of rotatable bonds is 7. The number of aryl methyl sites for hydroxylation is 1. The molecule has 180 valence electrons. The Morgan fingerprint density at radius 1 is 1.06 bits per heavy atom. The Bertz CT molecular complexity index is 1350. The van der Waals surface area contributed by atoms with Crippen molar-refractivity contribution in [2.24, 2.45) is 0 Å². The molecule has 0 saturated carbocycles. The summed E-state index contributed by atoms with van der Waals surface area (Å²) < 4.78 is 46.0. The fourth-order valence-electron chi connectivity index (χ4n) is 3.44. The summed E-state index contributed by atoms with van der Waals surface area (Å²) in [5.41, 5.74) is 2.38. The van der Waals surface area contributed by atoms with Crippen molar-refractivity contribution in [3.05, 3.63) is 112 Å². The molecule has 1 aromatic heterocycles. The highest BCUT2D eigenvalue weighted by atomic mass is 35.5. The maximum atomic E-state index is 12.9. The Morgan fingerprint density at radius 3 is 2.63 bits per heavy atom. The van der Waals surface area contributed by atoms with Gasteiger partial charge in [0.15, 0.2) is 0 Å². The first-order valence-electron chi connectivity index (χ1n) is 10.7. The van der Waals surface area contributed by atoms with Crippen LogP contribution < -0.4 is 10.1 Å². The van der Waals surface area contributed by atoms with E-state index in [0.717, 1.165) is 23.3 Å². The molecule has 0 aliphatic heterocycles. The van der Waals surface area contributed by atoms with E-state index in [1.54, 1.807) is 36.5 Å². The van der Waals surface area contributed by atoms with E-state index in [2.05, 4.69) is 10.4 Å². The second kappa shape index (κ2) is 10.2. The van der Waals surface area contributed by atoms with E-state index >= 15 is 0 Å². The molecule has 1 heterocycles. The smallest absolute Gasteiger partial charge is 0.416 e. The van der Waals surface area contributed by atoms with E-state index in [1.807, 2.05) is 25.1 Å². The van der Waals surface area contributed by atoms with Gasteiger partial charge in [0.25, 0.3) is 5.91 Å². The van der Waals surface area contributed by atoms with Gasteiger partial charge in [0.05, 0.1) is 29.0 Å². The summed E-state index contributed by atoms with van der Waals surface area (Å²) >= 11 is 6.17. The molecular formula is C26H21ClF3N3O2. The van der Waals surface area contributed by atoms with Crippen LogP contribution in [0.15, 0.2) is 79.1 Å². The number of hydrogen-bond acceptors (Lipinski definition) is 3. The van der Waals surface area contributed by atoms with E-state index in [-0.39, 0.29) is 19.1 Å². The second-order valence-electron chi connectivity index (χ2n) is 8.00. The SMILES string of the molecule is Cc1ccc(Cl)c(OCc2cccc(C(=O)Nc3cnn(Cc4cccc(C(F)(F)F)c4)c3)c2)c1. The third-order valence-corrected chi connectivity index (χ3v) is 5.47. The normalized spacial score (nSPS) is 11.3. The van der Waals surface area contributed by atoms with Gasteiger partial charge in [-0.2, -0.15) is 18.3 Å². The first-order chi connectivity index (χ1) is 16.7. The van der Waals surface area contributed by atoms with Gasteiger partial charge in [0.2, 0.25) is 0 Å².